The maximum absolute atomic E-state index is 11.9. The molecule has 9 heteroatoms. The second-order valence-electron chi connectivity index (χ2n) is 3.63. The van der Waals surface area contributed by atoms with Crippen molar-refractivity contribution in [1.29, 1.82) is 0 Å². The van der Waals surface area contributed by atoms with Gasteiger partial charge in [0.2, 0.25) is 10.0 Å². The number of sulfonamides is 1. The normalized spacial score (nSPS) is 10.8. The molecule has 1 aromatic rings. The number of rotatable bonds is 6. The van der Waals surface area contributed by atoms with Crippen LogP contribution >= 0.6 is 24.0 Å². The van der Waals surface area contributed by atoms with E-state index in [1.165, 1.54) is 25.3 Å². The number of likely N-dealkylation sites (N-methyl/N-ethyl adjacent to an activating group) is 1. The quantitative estimate of drug-likeness (QED) is 0.596. The van der Waals surface area contributed by atoms with Crippen molar-refractivity contribution in [3.05, 3.63) is 28.8 Å². The van der Waals surface area contributed by atoms with Crippen LogP contribution in [0.2, 0.25) is 5.02 Å². The van der Waals surface area contributed by atoms with E-state index < -0.39 is 16.0 Å². The fourth-order valence-electron chi connectivity index (χ4n) is 1.33. The van der Waals surface area contributed by atoms with E-state index in [1.807, 2.05) is 0 Å². The van der Waals surface area contributed by atoms with Crippen LogP contribution < -0.4 is 10.0 Å². The van der Waals surface area contributed by atoms with Gasteiger partial charge in [0.25, 0.3) is 0 Å². The lowest BCUT2D eigenvalue weighted by Crippen LogP contribution is -2.30. The van der Waals surface area contributed by atoms with Crippen molar-refractivity contribution in [1.82, 2.24) is 10.0 Å². The average Bonchev–Trinajstić information content (AvgIpc) is 2.38. The van der Waals surface area contributed by atoms with E-state index in [1.54, 1.807) is 7.05 Å². The first-order chi connectivity index (χ1) is 8.92. The van der Waals surface area contributed by atoms with Gasteiger partial charge < -0.3 is 10.1 Å². The zero-order chi connectivity index (χ0) is 14.5. The van der Waals surface area contributed by atoms with Crippen LogP contribution in [0.4, 0.5) is 0 Å². The smallest absolute Gasteiger partial charge is 0.339 e. The number of methoxy groups -OCH3 is 1. The van der Waals surface area contributed by atoms with E-state index >= 15 is 0 Å². The molecule has 0 fully saturated rings. The molecule has 0 aliphatic carbocycles. The van der Waals surface area contributed by atoms with Gasteiger partial charge in [-0.05, 0) is 25.2 Å². The second kappa shape index (κ2) is 8.43. The summed E-state index contributed by atoms with van der Waals surface area (Å²) in [6.07, 6.45) is 0. The van der Waals surface area contributed by atoms with Gasteiger partial charge in [0.15, 0.2) is 0 Å². The minimum Gasteiger partial charge on any atom is -0.465 e. The summed E-state index contributed by atoms with van der Waals surface area (Å²) in [4.78, 5) is 11.3. The Labute approximate surface area is 129 Å². The summed E-state index contributed by atoms with van der Waals surface area (Å²) >= 11 is 5.86. The molecule has 114 valence electrons. The van der Waals surface area contributed by atoms with Gasteiger partial charge >= 0.3 is 5.97 Å². The Bertz CT molecular complexity index is 564. The minimum atomic E-state index is -3.63. The molecule has 0 amide bonds. The third-order valence-electron chi connectivity index (χ3n) is 2.32. The summed E-state index contributed by atoms with van der Waals surface area (Å²) in [6, 6.07) is 3.84. The van der Waals surface area contributed by atoms with Crippen LogP contribution in [0.15, 0.2) is 23.1 Å². The zero-order valence-electron chi connectivity index (χ0n) is 11.0. The highest BCUT2D eigenvalue weighted by Crippen LogP contribution is 2.21. The number of carbonyl (C=O) groups is 1. The largest absolute Gasteiger partial charge is 0.465 e. The molecule has 0 saturated carbocycles. The fraction of sp³-hybridized carbons (Fsp3) is 0.364. The topological polar surface area (TPSA) is 84.5 Å². The summed E-state index contributed by atoms with van der Waals surface area (Å²) < 4.78 is 30.7. The van der Waals surface area contributed by atoms with Crippen LogP contribution in [0.5, 0.6) is 0 Å². The van der Waals surface area contributed by atoms with Gasteiger partial charge in [-0.15, -0.1) is 12.4 Å². The predicted octanol–water partition coefficient (Wildman–Crippen LogP) is 1.05. The van der Waals surface area contributed by atoms with Gasteiger partial charge in [0.05, 0.1) is 22.6 Å². The lowest BCUT2D eigenvalue weighted by atomic mass is 10.2. The highest BCUT2D eigenvalue weighted by atomic mass is 35.5. The number of nitrogens with one attached hydrogen (secondary N) is 2. The highest BCUT2D eigenvalue weighted by Gasteiger charge is 2.17. The summed E-state index contributed by atoms with van der Waals surface area (Å²) in [5.41, 5.74) is 0.123. The first kappa shape index (κ1) is 19.1. The molecule has 0 spiro atoms. The molecule has 6 nitrogen and oxygen atoms in total. The lowest BCUT2D eigenvalue weighted by Gasteiger charge is -2.08. The van der Waals surface area contributed by atoms with Crippen molar-refractivity contribution in [3.63, 3.8) is 0 Å². The molecule has 0 atom stereocenters. The Balaban J connectivity index is 0.00000361. The van der Waals surface area contributed by atoms with Gasteiger partial charge in [-0.25, -0.2) is 17.9 Å². The molecule has 1 aromatic carbocycles. The van der Waals surface area contributed by atoms with Crippen LogP contribution in [0.1, 0.15) is 10.4 Å². The van der Waals surface area contributed by atoms with Crippen molar-refractivity contribution in [2.75, 3.05) is 27.2 Å². The van der Waals surface area contributed by atoms with Crippen LogP contribution in [0.3, 0.4) is 0 Å². The van der Waals surface area contributed by atoms with E-state index in [0.29, 0.717) is 6.54 Å². The fourth-order valence-corrected chi connectivity index (χ4v) is 2.71. The number of hydrogen-bond acceptors (Lipinski definition) is 5. The van der Waals surface area contributed by atoms with Crippen molar-refractivity contribution in [2.45, 2.75) is 4.90 Å². The van der Waals surface area contributed by atoms with Gasteiger partial charge in [-0.2, -0.15) is 0 Å². The molecular weight excluding hydrogens is 327 g/mol. The van der Waals surface area contributed by atoms with E-state index in [9.17, 15) is 13.2 Å². The summed E-state index contributed by atoms with van der Waals surface area (Å²) in [6.45, 7) is 0.766. The lowest BCUT2D eigenvalue weighted by molar-refractivity contribution is 0.0601. The van der Waals surface area contributed by atoms with Crippen LogP contribution in [-0.2, 0) is 14.8 Å². The first-order valence-corrected chi connectivity index (χ1v) is 7.30. The minimum absolute atomic E-state index is 0. The van der Waals surface area contributed by atoms with Crippen molar-refractivity contribution >= 4 is 40.0 Å². The number of ether oxygens (including phenoxy) is 1. The molecule has 0 heterocycles. The van der Waals surface area contributed by atoms with E-state index in [-0.39, 0.29) is 34.4 Å². The number of benzene rings is 1. The van der Waals surface area contributed by atoms with Gasteiger partial charge in [0, 0.05) is 13.1 Å². The second-order valence-corrected chi connectivity index (χ2v) is 5.81. The number of esters is 1. The van der Waals surface area contributed by atoms with Crippen molar-refractivity contribution in [2.24, 2.45) is 0 Å². The highest BCUT2D eigenvalue weighted by molar-refractivity contribution is 7.89. The molecule has 0 radical (unpaired) electrons. The standard InChI is InChI=1S/C11H15ClN2O4S.ClH/c1-13-5-6-14-19(16,17)8-3-4-9(10(12)7-8)11(15)18-2;/h3-4,7,13-14H,5-6H2,1-2H3;1H. The summed E-state index contributed by atoms with van der Waals surface area (Å²) in [7, 11) is -0.687. The third kappa shape index (κ3) is 4.92. The molecule has 0 aromatic heterocycles. The Morgan fingerprint density at radius 1 is 1.35 bits per heavy atom. The summed E-state index contributed by atoms with van der Waals surface area (Å²) in [5, 5.41) is 2.85. The van der Waals surface area contributed by atoms with Crippen LogP contribution in [0.25, 0.3) is 0 Å². The molecule has 1 rings (SSSR count). The van der Waals surface area contributed by atoms with Gasteiger partial charge in [0.1, 0.15) is 0 Å². The summed E-state index contributed by atoms with van der Waals surface area (Å²) in [5.74, 6) is -0.614. The molecule has 0 unspecified atom stereocenters. The molecular formula is C11H16Cl2N2O4S. The molecule has 0 aliphatic heterocycles. The maximum Gasteiger partial charge on any atom is 0.339 e. The van der Waals surface area contributed by atoms with Crippen LogP contribution in [-0.4, -0.2) is 41.6 Å². The Morgan fingerprint density at radius 3 is 2.50 bits per heavy atom. The molecule has 2 N–H and O–H groups in total. The molecule has 0 saturated heterocycles. The van der Waals surface area contributed by atoms with E-state index in [0.717, 1.165) is 0 Å². The van der Waals surface area contributed by atoms with E-state index in [2.05, 4.69) is 14.8 Å². The Hall–Kier alpha value is -0.860. The Morgan fingerprint density at radius 2 is 2.00 bits per heavy atom. The number of hydrogen-bond donors (Lipinski definition) is 2. The predicted molar refractivity (Wildman–Crippen MR) is 79.2 cm³/mol. The van der Waals surface area contributed by atoms with Gasteiger partial charge in [-0.1, -0.05) is 11.6 Å². The zero-order valence-corrected chi connectivity index (χ0v) is 13.4. The van der Waals surface area contributed by atoms with Gasteiger partial charge in [-0.3, -0.25) is 0 Å². The monoisotopic (exact) mass is 342 g/mol. The molecule has 20 heavy (non-hydrogen) atoms. The third-order valence-corrected chi connectivity index (χ3v) is 4.09. The maximum atomic E-state index is 11.9. The van der Waals surface area contributed by atoms with Crippen molar-refractivity contribution < 1.29 is 17.9 Å². The van der Waals surface area contributed by atoms with Crippen LogP contribution in [0, 0.1) is 0 Å². The average molecular weight is 343 g/mol. The number of carbonyl (C=O) groups excluding carboxylic acids is 1. The number of halogens is 2. The SMILES string of the molecule is CNCCNS(=O)(=O)c1ccc(C(=O)OC)c(Cl)c1.Cl. The van der Waals surface area contributed by atoms with E-state index in [4.69, 9.17) is 11.6 Å². The Kier molecular flexibility index (Phi) is 8.07. The van der Waals surface area contributed by atoms with Crippen molar-refractivity contribution in [3.8, 4) is 0 Å². The molecule has 0 bridgehead atoms. The molecule has 0 aliphatic rings. The first-order valence-electron chi connectivity index (χ1n) is 5.44.